The van der Waals surface area contributed by atoms with Crippen LogP contribution in [0, 0.1) is 0 Å². The van der Waals surface area contributed by atoms with Gasteiger partial charge in [0.1, 0.15) is 0 Å². The monoisotopic (exact) mass is 455 g/mol. The Hall–Kier alpha value is -3.09. The van der Waals surface area contributed by atoms with Crippen molar-refractivity contribution in [2.24, 2.45) is 0 Å². The molecule has 1 aliphatic heterocycles. The Bertz CT molecular complexity index is 1130. The maximum Gasteiger partial charge on any atom is 0.338 e. The molecule has 0 spiro atoms. The van der Waals surface area contributed by atoms with Crippen molar-refractivity contribution in [3.05, 3.63) is 75.9 Å². The van der Waals surface area contributed by atoms with Gasteiger partial charge in [0.2, 0.25) is 5.91 Å². The molecule has 2 aromatic carbocycles. The van der Waals surface area contributed by atoms with E-state index in [1.807, 2.05) is 18.2 Å². The lowest BCUT2D eigenvalue weighted by Gasteiger charge is -2.30. The first kappa shape index (κ1) is 21.2. The molecule has 6 nitrogen and oxygen atoms in total. The molecule has 0 fully saturated rings. The van der Waals surface area contributed by atoms with Crippen molar-refractivity contribution in [2.45, 2.75) is 13.5 Å². The van der Waals surface area contributed by atoms with Crippen LogP contribution < -0.4 is 10.2 Å². The van der Waals surface area contributed by atoms with Crippen molar-refractivity contribution < 1.29 is 14.3 Å². The molecule has 2 heterocycles. The molecule has 0 radical (unpaired) electrons. The summed E-state index contributed by atoms with van der Waals surface area (Å²) >= 11 is 12.6. The fraction of sp³-hybridized carbons (Fsp3) is 0.174. The number of nitrogens with one attached hydrogen (secondary N) is 1. The minimum absolute atomic E-state index is 0.111. The van der Waals surface area contributed by atoms with Crippen LogP contribution in [0.4, 0.5) is 11.5 Å². The van der Waals surface area contributed by atoms with E-state index in [1.165, 1.54) is 0 Å². The largest absolute Gasteiger partial charge is 0.462 e. The molecular formula is C23H19Cl2N3O3. The summed E-state index contributed by atoms with van der Waals surface area (Å²) in [4.78, 5) is 30.7. The SMILES string of the molecule is CCOC(=O)c1ccc(-c2cnc3c(c2)N(Cc2c(Cl)cccc2Cl)C(=O)CN3)cc1. The second kappa shape index (κ2) is 8.96. The lowest BCUT2D eigenvalue weighted by Crippen LogP contribution is -2.39. The number of rotatable bonds is 5. The fourth-order valence-electron chi connectivity index (χ4n) is 3.37. The van der Waals surface area contributed by atoms with Gasteiger partial charge in [0.15, 0.2) is 5.82 Å². The first-order chi connectivity index (χ1) is 15.0. The number of aromatic nitrogens is 1. The van der Waals surface area contributed by atoms with Crippen LogP contribution in [-0.2, 0) is 16.1 Å². The molecule has 0 unspecified atom stereocenters. The van der Waals surface area contributed by atoms with Crippen LogP contribution in [0.2, 0.25) is 10.0 Å². The Morgan fingerprint density at radius 2 is 1.84 bits per heavy atom. The van der Waals surface area contributed by atoms with E-state index in [9.17, 15) is 9.59 Å². The van der Waals surface area contributed by atoms with Crippen molar-refractivity contribution in [3.8, 4) is 11.1 Å². The predicted molar refractivity (Wildman–Crippen MR) is 122 cm³/mol. The van der Waals surface area contributed by atoms with Crippen LogP contribution in [-0.4, -0.2) is 30.0 Å². The zero-order valence-corrected chi connectivity index (χ0v) is 18.2. The average molecular weight is 456 g/mol. The van der Waals surface area contributed by atoms with Gasteiger partial charge in [-0.1, -0.05) is 41.4 Å². The van der Waals surface area contributed by atoms with E-state index in [1.54, 1.807) is 48.4 Å². The summed E-state index contributed by atoms with van der Waals surface area (Å²) in [5, 5.41) is 4.04. The molecule has 4 rings (SSSR count). The number of pyridine rings is 1. The summed E-state index contributed by atoms with van der Waals surface area (Å²) in [6.07, 6.45) is 1.72. The number of fused-ring (bicyclic) bond motifs is 1. The zero-order valence-electron chi connectivity index (χ0n) is 16.7. The first-order valence-corrected chi connectivity index (χ1v) is 10.5. The molecule has 1 aromatic heterocycles. The van der Waals surface area contributed by atoms with Gasteiger partial charge in [-0.15, -0.1) is 0 Å². The molecule has 1 N–H and O–H groups in total. The number of esters is 1. The molecular weight excluding hydrogens is 437 g/mol. The van der Waals surface area contributed by atoms with Gasteiger partial charge >= 0.3 is 5.97 Å². The van der Waals surface area contributed by atoms with Gasteiger partial charge in [-0.25, -0.2) is 9.78 Å². The van der Waals surface area contributed by atoms with Crippen molar-refractivity contribution in [3.63, 3.8) is 0 Å². The Morgan fingerprint density at radius 3 is 2.52 bits per heavy atom. The lowest BCUT2D eigenvalue weighted by atomic mass is 10.0. The third-order valence-electron chi connectivity index (χ3n) is 4.97. The van der Waals surface area contributed by atoms with E-state index in [-0.39, 0.29) is 25.0 Å². The van der Waals surface area contributed by atoms with Crippen molar-refractivity contribution in [1.29, 1.82) is 0 Å². The van der Waals surface area contributed by atoms with Crippen molar-refractivity contribution in [1.82, 2.24) is 4.98 Å². The van der Waals surface area contributed by atoms with Crippen LogP contribution in [0.3, 0.4) is 0 Å². The number of hydrogen-bond donors (Lipinski definition) is 1. The molecule has 0 bridgehead atoms. The summed E-state index contributed by atoms with van der Waals surface area (Å²) in [7, 11) is 0. The average Bonchev–Trinajstić information content (AvgIpc) is 2.77. The molecule has 0 atom stereocenters. The van der Waals surface area contributed by atoms with Crippen LogP contribution in [0.5, 0.6) is 0 Å². The van der Waals surface area contributed by atoms with E-state index in [4.69, 9.17) is 27.9 Å². The van der Waals surface area contributed by atoms with Crippen LogP contribution in [0.15, 0.2) is 54.7 Å². The van der Waals surface area contributed by atoms with Gasteiger partial charge in [0.05, 0.1) is 30.9 Å². The standard InChI is InChI=1S/C23H19Cl2N3O3/c1-2-31-23(30)15-8-6-14(7-9-15)16-10-20-22(26-11-16)27-12-21(29)28(20)13-17-18(24)4-3-5-19(17)25/h3-11H,2,12-13H2,1H3,(H,26,27). The minimum atomic E-state index is -0.366. The lowest BCUT2D eigenvalue weighted by molar-refractivity contribution is -0.117. The quantitative estimate of drug-likeness (QED) is 0.535. The van der Waals surface area contributed by atoms with E-state index in [0.29, 0.717) is 39.3 Å². The van der Waals surface area contributed by atoms with E-state index < -0.39 is 0 Å². The number of anilines is 2. The van der Waals surface area contributed by atoms with Gasteiger partial charge in [0.25, 0.3) is 0 Å². The third-order valence-corrected chi connectivity index (χ3v) is 5.68. The molecule has 0 saturated heterocycles. The number of benzene rings is 2. The number of carbonyl (C=O) groups is 2. The van der Waals surface area contributed by atoms with Gasteiger partial charge in [-0.2, -0.15) is 0 Å². The maximum atomic E-state index is 12.7. The molecule has 1 amide bonds. The smallest absolute Gasteiger partial charge is 0.338 e. The Kier molecular flexibility index (Phi) is 6.11. The van der Waals surface area contributed by atoms with Crippen LogP contribution in [0.25, 0.3) is 11.1 Å². The number of hydrogen-bond acceptors (Lipinski definition) is 5. The number of ether oxygens (including phenoxy) is 1. The Labute approximate surface area is 189 Å². The molecule has 0 saturated carbocycles. The number of amides is 1. The zero-order chi connectivity index (χ0) is 22.0. The first-order valence-electron chi connectivity index (χ1n) is 9.72. The second-order valence-electron chi connectivity index (χ2n) is 6.92. The van der Waals surface area contributed by atoms with Crippen LogP contribution >= 0.6 is 23.2 Å². The summed E-state index contributed by atoms with van der Waals surface area (Å²) in [6.45, 7) is 2.46. The number of halogens is 2. The van der Waals surface area contributed by atoms with Gasteiger partial charge in [0, 0.05) is 27.4 Å². The van der Waals surface area contributed by atoms with Crippen LogP contribution in [0.1, 0.15) is 22.8 Å². The van der Waals surface area contributed by atoms with Gasteiger partial charge in [-0.05, 0) is 42.8 Å². The minimum Gasteiger partial charge on any atom is -0.462 e. The van der Waals surface area contributed by atoms with E-state index in [2.05, 4.69) is 10.3 Å². The van der Waals surface area contributed by atoms with Gasteiger partial charge < -0.3 is 15.0 Å². The summed E-state index contributed by atoms with van der Waals surface area (Å²) in [5.74, 6) is 0.130. The summed E-state index contributed by atoms with van der Waals surface area (Å²) < 4.78 is 5.02. The molecule has 0 aliphatic carbocycles. The normalized spacial score (nSPS) is 12.9. The molecule has 8 heteroatoms. The second-order valence-corrected chi connectivity index (χ2v) is 7.74. The number of nitrogens with zero attached hydrogens (tertiary/aromatic N) is 2. The Morgan fingerprint density at radius 1 is 1.13 bits per heavy atom. The topological polar surface area (TPSA) is 71.5 Å². The highest BCUT2D eigenvalue weighted by Crippen LogP contribution is 2.35. The highest BCUT2D eigenvalue weighted by atomic mass is 35.5. The summed E-state index contributed by atoms with van der Waals surface area (Å²) in [6, 6.07) is 14.2. The Balaban J connectivity index is 1.68. The van der Waals surface area contributed by atoms with E-state index in [0.717, 1.165) is 11.1 Å². The van der Waals surface area contributed by atoms with E-state index >= 15 is 0 Å². The third kappa shape index (κ3) is 4.36. The highest BCUT2D eigenvalue weighted by Gasteiger charge is 2.27. The molecule has 158 valence electrons. The summed E-state index contributed by atoms with van der Waals surface area (Å²) in [5.41, 5.74) is 3.46. The molecule has 1 aliphatic rings. The highest BCUT2D eigenvalue weighted by molar-refractivity contribution is 6.36. The predicted octanol–water partition coefficient (Wildman–Crippen LogP) is 5.19. The van der Waals surface area contributed by atoms with Gasteiger partial charge in [-0.3, -0.25) is 4.79 Å². The van der Waals surface area contributed by atoms with Crippen molar-refractivity contribution in [2.75, 3.05) is 23.4 Å². The maximum absolute atomic E-state index is 12.7. The fourth-order valence-corrected chi connectivity index (χ4v) is 3.89. The molecule has 3 aromatic rings. The van der Waals surface area contributed by atoms with Crippen molar-refractivity contribution >= 4 is 46.6 Å². The number of carbonyl (C=O) groups excluding carboxylic acids is 2. The molecule has 31 heavy (non-hydrogen) atoms.